The van der Waals surface area contributed by atoms with E-state index in [9.17, 15) is 4.79 Å². The molecule has 0 atom stereocenters. The van der Waals surface area contributed by atoms with Crippen LogP contribution in [0.5, 0.6) is 5.75 Å². The molecule has 1 N–H and O–H groups in total. The van der Waals surface area contributed by atoms with Gasteiger partial charge in [-0.2, -0.15) is 5.10 Å². The third kappa shape index (κ3) is 2.41. The van der Waals surface area contributed by atoms with E-state index in [1.54, 1.807) is 16.0 Å². The van der Waals surface area contributed by atoms with Crippen molar-refractivity contribution in [1.29, 1.82) is 0 Å². The van der Waals surface area contributed by atoms with Gasteiger partial charge in [-0.25, -0.2) is 0 Å². The second-order valence-corrected chi connectivity index (χ2v) is 6.38. The largest absolute Gasteiger partial charge is 0.488 e. The number of hydrogen-bond donors (Lipinski definition) is 1. The van der Waals surface area contributed by atoms with Gasteiger partial charge in [-0.1, -0.05) is 18.2 Å². The van der Waals surface area contributed by atoms with Crippen LogP contribution in [0.1, 0.15) is 20.9 Å². The molecule has 4 rings (SSSR count). The van der Waals surface area contributed by atoms with Crippen LogP contribution in [-0.2, 0) is 20.2 Å². The Kier molecular flexibility index (Phi) is 3.38. The number of aryl methyl sites for hydroxylation is 1. The van der Waals surface area contributed by atoms with Gasteiger partial charge >= 0.3 is 0 Å². The average Bonchev–Trinajstić information content (AvgIpc) is 3.20. The molecular formula is C17H15N3O2S. The molecule has 1 aliphatic rings. The molecule has 116 valence electrons. The molecule has 3 heterocycles. The standard InChI is InChI=1S/C17H15N3O2S/c1-20-16-12-6-2-3-7-14(12)22-10-13(16)15(19-20)17(21)18-9-11-5-4-8-23-11/h2-8H,9-10H2,1H3,(H,18,21). The number of thiophene rings is 1. The van der Waals surface area contributed by atoms with Crippen LogP contribution >= 0.6 is 11.3 Å². The predicted molar refractivity (Wildman–Crippen MR) is 88.5 cm³/mol. The molecule has 0 bridgehead atoms. The van der Waals surface area contributed by atoms with Crippen molar-refractivity contribution < 1.29 is 9.53 Å². The lowest BCUT2D eigenvalue weighted by atomic mass is 10.0. The number of nitrogens with one attached hydrogen (secondary N) is 1. The number of rotatable bonds is 3. The highest BCUT2D eigenvalue weighted by molar-refractivity contribution is 7.09. The third-order valence-electron chi connectivity index (χ3n) is 3.88. The molecule has 23 heavy (non-hydrogen) atoms. The van der Waals surface area contributed by atoms with Gasteiger partial charge in [0.15, 0.2) is 5.69 Å². The molecule has 1 aromatic carbocycles. The number of para-hydroxylation sites is 1. The number of nitrogens with zero attached hydrogens (tertiary/aromatic N) is 2. The van der Waals surface area contributed by atoms with Crippen LogP contribution in [-0.4, -0.2) is 15.7 Å². The lowest BCUT2D eigenvalue weighted by molar-refractivity contribution is 0.0943. The van der Waals surface area contributed by atoms with E-state index in [2.05, 4.69) is 10.4 Å². The Bertz CT molecular complexity index is 868. The molecule has 6 heteroatoms. The number of benzene rings is 1. The minimum absolute atomic E-state index is 0.168. The predicted octanol–water partition coefficient (Wildman–Crippen LogP) is 2.97. The second kappa shape index (κ2) is 5.55. The summed E-state index contributed by atoms with van der Waals surface area (Å²) in [6.45, 7) is 0.876. The molecule has 0 spiro atoms. The summed E-state index contributed by atoms with van der Waals surface area (Å²) in [5.41, 5.74) is 3.21. The highest BCUT2D eigenvalue weighted by Gasteiger charge is 2.27. The number of amides is 1. The Morgan fingerprint density at radius 3 is 3.04 bits per heavy atom. The van der Waals surface area contributed by atoms with Gasteiger partial charge in [0.1, 0.15) is 12.4 Å². The van der Waals surface area contributed by atoms with Gasteiger partial charge in [0.25, 0.3) is 5.91 Å². The van der Waals surface area contributed by atoms with Crippen molar-refractivity contribution in [3.63, 3.8) is 0 Å². The van der Waals surface area contributed by atoms with Crippen LogP contribution in [0, 0.1) is 0 Å². The zero-order valence-corrected chi connectivity index (χ0v) is 13.4. The van der Waals surface area contributed by atoms with Gasteiger partial charge in [0.2, 0.25) is 0 Å². The Morgan fingerprint density at radius 2 is 2.22 bits per heavy atom. The topological polar surface area (TPSA) is 56.2 Å². The van der Waals surface area contributed by atoms with E-state index < -0.39 is 0 Å². The fourth-order valence-corrected chi connectivity index (χ4v) is 3.47. The molecule has 3 aromatic rings. The highest BCUT2D eigenvalue weighted by Crippen LogP contribution is 2.38. The summed E-state index contributed by atoms with van der Waals surface area (Å²) in [6, 6.07) is 11.8. The number of aromatic nitrogens is 2. The van der Waals surface area contributed by atoms with Crippen LogP contribution in [0.25, 0.3) is 11.3 Å². The van der Waals surface area contributed by atoms with Gasteiger partial charge in [-0.3, -0.25) is 9.48 Å². The van der Waals surface area contributed by atoms with E-state index in [1.807, 2.05) is 48.8 Å². The van der Waals surface area contributed by atoms with Gasteiger partial charge in [0.05, 0.1) is 12.2 Å². The van der Waals surface area contributed by atoms with Crippen LogP contribution < -0.4 is 10.1 Å². The normalized spacial score (nSPS) is 12.2. The molecule has 5 nitrogen and oxygen atoms in total. The molecular weight excluding hydrogens is 310 g/mol. The van der Waals surface area contributed by atoms with E-state index in [1.165, 1.54) is 0 Å². The van der Waals surface area contributed by atoms with Gasteiger partial charge < -0.3 is 10.1 Å². The quantitative estimate of drug-likeness (QED) is 0.805. The molecule has 0 radical (unpaired) electrons. The minimum atomic E-state index is -0.168. The van der Waals surface area contributed by atoms with Crippen molar-refractivity contribution in [2.24, 2.45) is 7.05 Å². The average molecular weight is 325 g/mol. The third-order valence-corrected chi connectivity index (χ3v) is 4.75. The second-order valence-electron chi connectivity index (χ2n) is 5.35. The Labute approximate surface area is 137 Å². The van der Waals surface area contributed by atoms with Crippen molar-refractivity contribution in [2.75, 3.05) is 0 Å². The zero-order chi connectivity index (χ0) is 15.8. The number of hydrogen-bond acceptors (Lipinski definition) is 4. The number of fused-ring (bicyclic) bond motifs is 3. The van der Waals surface area contributed by atoms with Gasteiger partial charge in [-0.15, -0.1) is 11.3 Å². The first kappa shape index (κ1) is 14.0. The molecule has 2 aromatic heterocycles. The van der Waals surface area contributed by atoms with Gasteiger partial charge in [-0.05, 0) is 23.6 Å². The summed E-state index contributed by atoms with van der Waals surface area (Å²) in [6.07, 6.45) is 0. The first-order chi connectivity index (χ1) is 11.2. The highest BCUT2D eigenvalue weighted by atomic mass is 32.1. The maximum absolute atomic E-state index is 12.5. The Balaban J connectivity index is 1.66. The zero-order valence-electron chi connectivity index (χ0n) is 12.6. The fraction of sp³-hybridized carbons (Fsp3) is 0.176. The van der Waals surface area contributed by atoms with Crippen LogP contribution in [0.4, 0.5) is 0 Å². The molecule has 0 unspecified atom stereocenters. The van der Waals surface area contributed by atoms with Crippen LogP contribution in [0.3, 0.4) is 0 Å². The minimum Gasteiger partial charge on any atom is -0.488 e. The van der Waals surface area contributed by atoms with Crippen LogP contribution in [0.2, 0.25) is 0 Å². The summed E-state index contributed by atoms with van der Waals surface area (Å²) in [4.78, 5) is 13.6. The number of carbonyl (C=O) groups is 1. The molecule has 0 saturated heterocycles. The molecule has 1 aliphatic heterocycles. The summed E-state index contributed by atoms with van der Waals surface area (Å²) in [7, 11) is 1.86. The monoisotopic (exact) mass is 325 g/mol. The van der Waals surface area contributed by atoms with E-state index >= 15 is 0 Å². The maximum Gasteiger partial charge on any atom is 0.272 e. The summed E-state index contributed by atoms with van der Waals surface area (Å²) < 4.78 is 7.53. The summed E-state index contributed by atoms with van der Waals surface area (Å²) in [5, 5.41) is 9.34. The van der Waals surface area contributed by atoms with Crippen LogP contribution in [0.15, 0.2) is 41.8 Å². The van der Waals surface area contributed by atoms with Gasteiger partial charge in [0, 0.05) is 23.1 Å². The van der Waals surface area contributed by atoms with Crippen molar-refractivity contribution in [3.05, 3.63) is 57.9 Å². The summed E-state index contributed by atoms with van der Waals surface area (Å²) >= 11 is 1.62. The van der Waals surface area contributed by atoms with E-state index in [-0.39, 0.29) is 5.91 Å². The first-order valence-corrected chi connectivity index (χ1v) is 8.20. The molecule has 1 amide bonds. The van der Waals surface area contributed by atoms with E-state index in [4.69, 9.17) is 4.74 Å². The number of ether oxygens (including phenoxy) is 1. The smallest absolute Gasteiger partial charge is 0.272 e. The Hall–Kier alpha value is -2.60. The van der Waals surface area contributed by atoms with Crippen molar-refractivity contribution in [3.8, 4) is 17.0 Å². The van der Waals surface area contributed by atoms with Crippen molar-refractivity contribution in [1.82, 2.24) is 15.1 Å². The lowest BCUT2D eigenvalue weighted by Gasteiger charge is -2.18. The van der Waals surface area contributed by atoms with Crippen molar-refractivity contribution in [2.45, 2.75) is 13.2 Å². The van der Waals surface area contributed by atoms with E-state index in [0.29, 0.717) is 18.8 Å². The SMILES string of the molecule is Cn1nc(C(=O)NCc2cccs2)c2c1-c1ccccc1OC2. The lowest BCUT2D eigenvalue weighted by Crippen LogP contribution is -2.24. The van der Waals surface area contributed by atoms with E-state index in [0.717, 1.165) is 27.4 Å². The molecule has 0 fully saturated rings. The Morgan fingerprint density at radius 1 is 1.35 bits per heavy atom. The maximum atomic E-state index is 12.5. The fourth-order valence-electron chi connectivity index (χ4n) is 2.83. The number of carbonyl (C=O) groups excluding carboxylic acids is 1. The van der Waals surface area contributed by atoms with Crippen molar-refractivity contribution >= 4 is 17.2 Å². The molecule has 0 saturated carbocycles. The summed E-state index contributed by atoms with van der Waals surface area (Å²) in [5.74, 6) is 0.659. The first-order valence-electron chi connectivity index (χ1n) is 7.32. The molecule has 0 aliphatic carbocycles.